The molecule has 0 bridgehead atoms. The van der Waals surface area contributed by atoms with Crippen molar-refractivity contribution in [1.29, 1.82) is 0 Å². The molecule has 21 heavy (non-hydrogen) atoms. The number of epoxide rings is 1. The predicted molar refractivity (Wildman–Crippen MR) is 76.4 cm³/mol. The van der Waals surface area contributed by atoms with E-state index in [-0.39, 0.29) is 36.9 Å². The third-order valence-electron chi connectivity index (χ3n) is 4.02. The van der Waals surface area contributed by atoms with Crippen molar-refractivity contribution in [3.63, 3.8) is 0 Å². The summed E-state index contributed by atoms with van der Waals surface area (Å²) in [7, 11) is 0. The van der Waals surface area contributed by atoms with Gasteiger partial charge in [-0.05, 0) is 32.3 Å². The molecule has 0 radical (unpaired) electrons. The van der Waals surface area contributed by atoms with E-state index in [0.717, 1.165) is 5.57 Å². The molecule has 1 saturated carbocycles. The highest BCUT2D eigenvalue weighted by atomic mass is 16.6. The van der Waals surface area contributed by atoms with Gasteiger partial charge in [-0.1, -0.05) is 19.2 Å². The first kappa shape index (κ1) is 15.8. The van der Waals surface area contributed by atoms with Crippen molar-refractivity contribution in [2.24, 2.45) is 11.8 Å². The van der Waals surface area contributed by atoms with Gasteiger partial charge in [-0.25, -0.2) is 0 Å². The monoisotopic (exact) mass is 294 g/mol. The second-order valence-corrected chi connectivity index (χ2v) is 6.06. The molecule has 0 N–H and O–H groups in total. The third kappa shape index (κ3) is 3.53. The summed E-state index contributed by atoms with van der Waals surface area (Å²) in [6, 6.07) is 0. The molecule has 4 unspecified atom stereocenters. The fraction of sp³-hybridized carbons (Fsp3) is 0.625. The van der Waals surface area contributed by atoms with Gasteiger partial charge in [0, 0.05) is 0 Å². The van der Waals surface area contributed by atoms with Crippen LogP contribution in [-0.2, 0) is 23.8 Å². The molecule has 5 heteroatoms. The SMILES string of the molecule is C=CCOC(=O)C1CC2(C)OC2CC1C(=O)OCC(=C)C. The molecule has 1 saturated heterocycles. The van der Waals surface area contributed by atoms with Crippen molar-refractivity contribution in [1.82, 2.24) is 0 Å². The highest BCUT2D eigenvalue weighted by Crippen LogP contribution is 2.52. The van der Waals surface area contributed by atoms with Crippen LogP contribution in [0.4, 0.5) is 0 Å². The molecule has 2 rings (SSSR count). The van der Waals surface area contributed by atoms with E-state index in [1.807, 2.05) is 6.92 Å². The summed E-state index contributed by atoms with van der Waals surface area (Å²) in [5, 5.41) is 0. The van der Waals surface area contributed by atoms with Crippen molar-refractivity contribution in [3.8, 4) is 0 Å². The molecule has 1 aliphatic heterocycles. The van der Waals surface area contributed by atoms with Gasteiger partial charge in [0.05, 0.1) is 23.5 Å². The van der Waals surface area contributed by atoms with Crippen LogP contribution in [0.1, 0.15) is 26.7 Å². The molecule has 0 aromatic heterocycles. The molecular weight excluding hydrogens is 272 g/mol. The van der Waals surface area contributed by atoms with E-state index >= 15 is 0 Å². The van der Waals surface area contributed by atoms with Crippen LogP contribution < -0.4 is 0 Å². The average Bonchev–Trinajstić information content (AvgIpc) is 3.10. The first-order valence-electron chi connectivity index (χ1n) is 7.13. The van der Waals surface area contributed by atoms with Gasteiger partial charge in [-0.3, -0.25) is 9.59 Å². The van der Waals surface area contributed by atoms with Gasteiger partial charge < -0.3 is 14.2 Å². The van der Waals surface area contributed by atoms with Crippen LogP contribution in [0.25, 0.3) is 0 Å². The topological polar surface area (TPSA) is 65.1 Å². The molecule has 5 nitrogen and oxygen atoms in total. The minimum absolute atomic E-state index is 0.0309. The molecule has 0 aromatic carbocycles. The minimum Gasteiger partial charge on any atom is -0.461 e. The summed E-state index contributed by atoms with van der Waals surface area (Å²) >= 11 is 0. The Morgan fingerprint density at radius 3 is 2.62 bits per heavy atom. The predicted octanol–water partition coefficient (Wildman–Crippen LogP) is 2.02. The number of esters is 2. The quantitative estimate of drug-likeness (QED) is 0.426. The number of fused-ring (bicyclic) bond motifs is 1. The summed E-state index contributed by atoms with van der Waals surface area (Å²) in [5.74, 6) is -1.80. The standard InChI is InChI=1S/C16H22O5/c1-5-6-19-15(18)12-8-16(4)13(21-16)7-11(12)14(17)20-9-10(2)3/h5,11-13H,1-2,6-9H2,3-4H3. The van der Waals surface area contributed by atoms with E-state index in [9.17, 15) is 9.59 Å². The van der Waals surface area contributed by atoms with Gasteiger partial charge in [-0.15, -0.1) is 0 Å². The second kappa shape index (κ2) is 6.02. The summed E-state index contributed by atoms with van der Waals surface area (Å²) in [6.07, 6.45) is 2.52. The Labute approximate surface area is 124 Å². The highest BCUT2D eigenvalue weighted by molar-refractivity contribution is 5.83. The Balaban J connectivity index is 2.04. The zero-order chi connectivity index (χ0) is 15.6. The maximum absolute atomic E-state index is 12.2. The van der Waals surface area contributed by atoms with E-state index in [1.54, 1.807) is 6.92 Å². The third-order valence-corrected chi connectivity index (χ3v) is 4.02. The lowest BCUT2D eigenvalue weighted by atomic mass is 9.74. The first-order valence-corrected chi connectivity index (χ1v) is 7.13. The van der Waals surface area contributed by atoms with Crippen molar-refractivity contribution < 1.29 is 23.8 Å². The average molecular weight is 294 g/mol. The number of carbonyl (C=O) groups excluding carboxylic acids is 2. The maximum Gasteiger partial charge on any atom is 0.310 e. The van der Waals surface area contributed by atoms with E-state index < -0.39 is 11.8 Å². The molecular formula is C16H22O5. The lowest BCUT2D eigenvalue weighted by molar-refractivity contribution is -0.161. The van der Waals surface area contributed by atoms with E-state index in [4.69, 9.17) is 14.2 Å². The summed E-state index contributed by atoms with van der Waals surface area (Å²) in [6.45, 7) is 11.3. The Morgan fingerprint density at radius 1 is 1.33 bits per heavy atom. The number of rotatable bonds is 6. The van der Waals surface area contributed by atoms with Crippen molar-refractivity contribution in [2.75, 3.05) is 13.2 Å². The molecule has 0 aromatic rings. The van der Waals surface area contributed by atoms with E-state index in [1.165, 1.54) is 6.08 Å². The zero-order valence-electron chi connectivity index (χ0n) is 12.6. The van der Waals surface area contributed by atoms with Gasteiger partial charge in [0.25, 0.3) is 0 Å². The summed E-state index contributed by atoms with van der Waals surface area (Å²) in [5.41, 5.74) is 0.459. The van der Waals surface area contributed by atoms with Crippen LogP contribution in [0.2, 0.25) is 0 Å². The Morgan fingerprint density at radius 2 is 2.00 bits per heavy atom. The lowest BCUT2D eigenvalue weighted by Gasteiger charge is -2.28. The highest BCUT2D eigenvalue weighted by Gasteiger charge is 2.61. The summed E-state index contributed by atoms with van der Waals surface area (Å²) in [4.78, 5) is 24.4. The lowest BCUT2D eigenvalue weighted by Crippen LogP contribution is -2.40. The Kier molecular flexibility index (Phi) is 4.52. The number of hydrogen-bond acceptors (Lipinski definition) is 5. The van der Waals surface area contributed by atoms with Gasteiger partial charge in [0.2, 0.25) is 0 Å². The van der Waals surface area contributed by atoms with Gasteiger partial charge in [0.15, 0.2) is 0 Å². The van der Waals surface area contributed by atoms with Crippen molar-refractivity contribution in [3.05, 3.63) is 24.8 Å². The molecule has 116 valence electrons. The van der Waals surface area contributed by atoms with E-state index in [0.29, 0.717) is 12.8 Å². The molecule has 0 spiro atoms. The minimum atomic E-state index is -0.522. The summed E-state index contributed by atoms with van der Waals surface area (Å²) < 4.78 is 15.9. The number of carbonyl (C=O) groups is 2. The fourth-order valence-corrected chi connectivity index (χ4v) is 2.80. The van der Waals surface area contributed by atoms with Crippen LogP contribution >= 0.6 is 0 Å². The molecule has 1 heterocycles. The molecule has 4 atom stereocenters. The van der Waals surface area contributed by atoms with Crippen LogP contribution in [0.3, 0.4) is 0 Å². The molecule has 0 amide bonds. The fourth-order valence-electron chi connectivity index (χ4n) is 2.80. The first-order chi connectivity index (χ1) is 9.87. The smallest absolute Gasteiger partial charge is 0.310 e. The van der Waals surface area contributed by atoms with Gasteiger partial charge >= 0.3 is 11.9 Å². The van der Waals surface area contributed by atoms with Crippen LogP contribution in [0.5, 0.6) is 0 Å². The van der Waals surface area contributed by atoms with Gasteiger partial charge in [0.1, 0.15) is 13.2 Å². The number of ether oxygens (including phenoxy) is 3. The van der Waals surface area contributed by atoms with Gasteiger partial charge in [-0.2, -0.15) is 0 Å². The zero-order valence-corrected chi connectivity index (χ0v) is 12.6. The molecule has 1 aliphatic carbocycles. The van der Waals surface area contributed by atoms with E-state index in [2.05, 4.69) is 13.2 Å². The largest absolute Gasteiger partial charge is 0.461 e. The molecule has 2 fully saturated rings. The number of hydrogen-bond donors (Lipinski definition) is 0. The van der Waals surface area contributed by atoms with Crippen LogP contribution in [0, 0.1) is 11.8 Å². The normalized spacial score (nSPS) is 33.5. The molecule has 2 aliphatic rings. The van der Waals surface area contributed by atoms with Crippen LogP contribution in [0.15, 0.2) is 24.8 Å². The van der Waals surface area contributed by atoms with Crippen molar-refractivity contribution >= 4 is 11.9 Å². The van der Waals surface area contributed by atoms with Crippen LogP contribution in [-0.4, -0.2) is 36.9 Å². The Hall–Kier alpha value is -1.62. The van der Waals surface area contributed by atoms with Crippen molar-refractivity contribution in [2.45, 2.75) is 38.4 Å². The maximum atomic E-state index is 12.2. The Bertz CT molecular complexity index is 469. The second-order valence-electron chi connectivity index (χ2n) is 6.06.